The molecule has 3 N–H and O–H groups in total. The van der Waals surface area contributed by atoms with E-state index in [-0.39, 0.29) is 5.60 Å². The Balaban J connectivity index is 1.74. The van der Waals surface area contributed by atoms with Gasteiger partial charge in [-0.15, -0.1) is 0 Å². The van der Waals surface area contributed by atoms with Gasteiger partial charge in [-0.05, 0) is 52.0 Å². The molecule has 0 spiro atoms. The largest absolute Gasteiger partial charge is 0.373 e. The number of ether oxygens (including phenoxy) is 1. The van der Waals surface area contributed by atoms with Gasteiger partial charge >= 0.3 is 0 Å². The zero-order chi connectivity index (χ0) is 15.8. The Hall–Kier alpha value is -1.56. The van der Waals surface area contributed by atoms with Gasteiger partial charge in [0.05, 0.1) is 18.3 Å². The summed E-state index contributed by atoms with van der Waals surface area (Å²) in [6, 6.07) is 0. The molecule has 124 valence electrons. The highest BCUT2D eigenvalue weighted by atomic mass is 16.5. The van der Waals surface area contributed by atoms with Gasteiger partial charge in [-0.25, -0.2) is 0 Å². The number of nitrogens with one attached hydrogen (secondary N) is 3. The Morgan fingerprint density at radius 1 is 1.50 bits per heavy atom. The quantitative estimate of drug-likeness (QED) is 0.408. The van der Waals surface area contributed by atoms with Crippen molar-refractivity contribution >= 4 is 5.96 Å². The van der Waals surface area contributed by atoms with Crippen molar-refractivity contribution in [3.63, 3.8) is 0 Å². The summed E-state index contributed by atoms with van der Waals surface area (Å²) in [5, 5.41) is 13.7. The summed E-state index contributed by atoms with van der Waals surface area (Å²) in [6.07, 6.45) is 6.22. The van der Waals surface area contributed by atoms with Crippen LogP contribution in [-0.4, -0.2) is 48.0 Å². The van der Waals surface area contributed by atoms with Crippen LogP contribution in [-0.2, 0) is 11.2 Å². The van der Waals surface area contributed by atoms with Crippen molar-refractivity contribution in [2.75, 3.05) is 26.2 Å². The molecule has 1 saturated heterocycles. The number of aromatic amines is 1. The third kappa shape index (κ3) is 5.02. The molecule has 1 aliphatic heterocycles. The monoisotopic (exact) mass is 307 g/mol. The number of hydrogen-bond acceptors (Lipinski definition) is 3. The van der Waals surface area contributed by atoms with Crippen LogP contribution in [0.25, 0.3) is 0 Å². The van der Waals surface area contributed by atoms with Crippen LogP contribution >= 0.6 is 0 Å². The third-order valence-electron chi connectivity index (χ3n) is 4.07. The predicted molar refractivity (Wildman–Crippen MR) is 89.2 cm³/mol. The van der Waals surface area contributed by atoms with Gasteiger partial charge in [-0.3, -0.25) is 10.1 Å². The molecule has 0 bridgehead atoms. The van der Waals surface area contributed by atoms with Crippen LogP contribution in [0.2, 0.25) is 0 Å². The van der Waals surface area contributed by atoms with Crippen molar-refractivity contribution in [2.45, 2.75) is 52.1 Å². The molecule has 1 aliphatic rings. The maximum Gasteiger partial charge on any atom is 0.191 e. The average molecular weight is 307 g/mol. The Morgan fingerprint density at radius 2 is 2.36 bits per heavy atom. The lowest BCUT2D eigenvalue weighted by Gasteiger charge is -2.21. The lowest BCUT2D eigenvalue weighted by atomic mass is 10.0. The number of guanidine groups is 1. The van der Waals surface area contributed by atoms with E-state index in [1.54, 1.807) is 0 Å². The van der Waals surface area contributed by atoms with Crippen LogP contribution in [0.5, 0.6) is 0 Å². The first kappa shape index (κ1) is 16.8. The molecule has 1 aromatic heterocycles. The lowest BCUT2D eigenvalue weighted by molar-refractivity contribution is 0.0283. The molecule has 0 aliphatic carbocycles. The standard InChI is InChI=1S/C16H29N5O/c1-4-17-15(19-12-16(3)8-6-10-22-16)18-9-5-7-14-11-20-21-13(14)2/h11H,4-10,12H2,1-3H3,(H,20,21)(H2,17,18,19). The fourth-order valence-corrected chi connectivity index (χ4v) is 2.66. The second kappa shape index (κ2) is 8.17. The van der Waals surface area contributed by atoms with Crippen molar-refractivity contribution < 1.29 is 4.74 Å². The fourth-order valence-electron chi connectivity index (χ4n) is 2.66. The van der Waals surface area contributed by atoms with Crippen molar-refractivity contribution in [1.29, 1.82) is 0 Å². The van der Waals surface area contributed by atoms with Crippen molar-refractivity contribution in [3.05, 3.63) is 17.5 Å². The van der Waals surface area contributed by atoms with Crippen molar-refractivity contribution in [1.82, 2.24) is 20.8 Å². The second-order valence-electron chi connectivity index (χ2n) is 6.15. The molecular formula is C16H29N5O. The summed E-state index contributed by atoms with van der Waals surface area (Å²) in [4.78, 5) is 4.67. The Bertz CT molecular complexity index is 477. The van der Waals surface area contributed by atoms with Gasteiger partial charge in [-0.2, -0.15) is 5.10 Å². The number of hydrogen-bond donors (Lipinski definition) is 3. The average Bonchev–Trinajstić information content (AvgIpc) is 3.10. The maximum atomic E-state index is 5.78. The molecule has 1 aromatic rings. The highest BCUT2D eigenvalue weighted by molar-refractivity contribution is 5.79. The molecule has 2 rings (SSSR count). The van der Waals surface area contributed by atoms with Gasteiger partial charge in [-0.1, -0.05) is 0 Å². The highest BCUT2D eigenvalue weighted by Crippen LogP contribution is 2.24. The second-order valence-corrected chi connectivity index (χ2v) is 6.15. The zero-order valence-electron chi connectivity index (χ0n) is 14.0. The third-order valence-corrected chi connectivity index (χ3v) is 4.07. The summed E-state index contributed by atoms with van der Waals surface area (Å²) in [5.41, 5.74) is 2.36. The molecule has 6 nitrogen and oxygen atoms in total. The molecule has 0 radical (unpaired) electrons. The smallest absolute Gasteiger partial charge is 0.191 e. The van der Waals surface area contributed by atoms with E-state index in [1.807, 2.05) is 6.20 Å². The van der Waals surface area contributed by atoms with Gasteiger partial charge < -0.3 is 15.4 Å². The van der Waals surface area contributed by atoms with E-state index in [2.05, 4.69) is 46.6 Å². The van der Waals surface area contributed by atoms with E-state index in [9.17, 15) is 0 Å². The van der Waals surface area contributed by atoms with Crippen LogP contribution in [0, 0.1) is 6.92 Å². The summed E-state index contributed by atoms with van der Waals surface area (Å²) in [7, 11) is 0. The van der Waals surface area contributed by atoms with Crippen LogP contribution in [0.15, 0.2) is 11.2 Å². The summed E-state index contributed by atoms with van der Waals surface area (Å²) < 4.78 is 5.78. The van der Waals surface area contributed by atoms with Crippen LogP contribution in [0.4, 0.5) is 0 Å². The first-order valence-electron chi connectivity index (χ1n) is 8.28. The summed E-state index contributed by atoms with van der Waals surface area (Å²) in [6.45, 7) is 9.62. The Morgan fingerprint density at radius 3 is 3.00 bits per heavy atom. The minimum absolute atomic E-state index is 0.0870. The lowest BCUT2D eigenvalue weighted by Crippen LogP contribution is -2.39. The SMILES string of the molecule is CCNC(=NCC1(C)CCCO1)NCCCc1cn[nH]c1C. The van der Waals surface area contributed by atoms with E-state index in [0.717, 1.165) is 57.0 Å². The minimum Gasteiger partial charge on any atom is -0.373 e. The number of H-pyrrole nitrogens is 1. The normalized spacial score (nSPS) is 22.0. The first-order valence-corrected chi connectivity index (χ1v) is 8.28. The fraction of sp³-hybridized carbons (Fsp3) is 0.750. The molecule has 0 aromatic carbocycles. The van der Waals surface area contributed by atoms with E-state index in [4.69, 9.17) is 4.74 Å². The number of nitrogens with zero attached hydrogens (tertiary/aromatic N) is 2. The Labute approximate surface area is 133 Å². The van der Waals surface area contributed by atoms with Crippen LogP contribution in [0.3, 0.4) is 0 Å². The summed E-state index contributed by atoms with van der Waals surface area (Å²) >= 11 is 0. The molecule has 6 heteroatoms. The molecule has 22 heavy (non-hydrogen) atoms. The van der Waals surface area contributed by atoms with E-state index < -0.39 is 0 Å². The first-order chi connectivity index (χ1) is 10.6. The van der Waals surface area contributed by atoms with Crippen LogP contribution in [0.1, 0.15) is 44.4 Å². The Kier molecular flexibility index (Phi) is 6.24. The van der Waals surface area contributed by atoms with Gasteiger partial charge in [0.15, 0.2) is 5.96 Å². The maximum absolute atomic E-state index is 5.78. The van der Waals surface area contributed by atoms with Crippen LogP contribution < -0.4 is 10.6 Å². The number of aryl methyl sites for hydroxylation is 2. The van der Waals surface area contributed by atoms with E-state index in [0.29, 0.717) is 6.54 Å². The van der Waals surface area contributed by atoms with Gasteiger partial charge in [0.2, 0.25) is 0 Å². The molecule has 2 heterocycles. The minimum atomic E-state index is -0.0870. The van der Waals surface area contributed by atoms with Gasteiger partial charge in [0, 0.05) is 25.4 Å². The van der Waals surface area contributed by atoms with Crippen molar-refractivity contribution in [2.24, 2.45) is 4.99 Å². The van der Waals surface area contributed by atoms with Crippen molar-refractivity contribution in [3.8, 4) is 0 Å². The van der Waals surface area contributed by atoms with Gasteiger partial charge in [0.25, 0.3) is 0 Å². The zero-order valence-corrected chi connectivity index (χ0v) is 14.0. The molecule has 1 atom stereocenters. The molecule has 0 amide bonds. The predicted octanol–water partition coefficient (Wildman–Crippen LogP) is 1.77. The van der Waals surface area contributed by atoms with E-state index in [1.165, 1.54) is 5.56 Å². The molecule has 1 fully saturated rings. The van der Waals surface area contributed by atoms with E-state index >= 15 is 0 Å². The highest BCUT2D eigenvalue weighted by Gasteiger charge is 2.29. The topological polar surface area (TPSA) is 74.3 Å². The molecule has 1 unspecified atom stereocenters. The molecule has 0 saturated carbocycles. The summed E-state index contributed by atoms with van der Waals surface area (Å²) in [5.74, 6) is 0.878. The number of rotatable bonds is 7. The molecular weight excluding hydrogens is 278 g/mol. The number of aromatic nitrogens is 2. The van der Waals surface area contributed by atoms with Gasteiger partial charge in [0.1, 0.15) is 0 Å². The number of aliphatic imine (C=N–C) groups is 1.